The second kappa shape index (κ2) is 9.03. The van der Waals surface area contributed by atoms with E-state index >= 15 is 0 Å². The highest BCUT2D eigenvalue weighted by Crippen LogP contribution is 2.24. The minimum Gasteiger partial charge on any atom is -0.345 e. The third-order valence-electron chi connectivity index (χ3n) is 3.80. The first-order valence-electron chi connectivity index (χ1n) is 8.19. The molecule has 0 spiro atoms. The quantitative estimate of drug-likeness (QED) is 0.447. The number of nitrogens with one attached hydrogen (secondary N) is 2. The van der Waals surface area contributed by atoms with E-state index in [1.54, 1.807) is 54.3 Å². The van der Waals surface area contributed by atoms with Gasteiger partial charge in [0.25, 0.3) is 11.8 Å². The number of nitrogens with zero attached hydrogens (tertiary/aromatic N) is 2. The molecule has 6 nitrogen and oxygen atoms in total. The van der Waals surface area contributed by atoms with E-state index in [4.69, 9.17) is 0 Å². The predicted molar refractivity (Wildman–Crippen MR) is 108 cm³/mol. The molecule has 0 radical (unpaired) electrons. The van der Waals surface area contributed by atoms with Crippen LogP contribution in [-0.4, -0.2) is 21.4 Å². The highest BCUT2D eigenvalue weighted by atomic mass is 79.9. The van der Waals surface area contributed by atoms with Crippen molar-refractivity contribution in [3.05, 3.63) is 82.0 Å². The molecule has 0 saturated heterocycles. The van der Waals surface area contributed by atoms with Crippen LogP contribution in [0.25, 0.3) is 0 Å². The van der Waals surface area contributed by atoms with Crippen LogP contribution in [0.15, 0.2) is 64.4 Å². The number of hydrogen-bond donors (Lipinski definition) is 2. The van der Waals surface area contributed by atoms with Crippen molar-refractivity contribution in [2.75, 3.05) is 0 Å². The lowest BCUT2D eigenvalue weighted by molar-refractivity contribution is 0.0840. The van der Waals surface area contributed by atoms with Crippen LogP contribution in [0, 0.1) is 5.82 Å². The summed E-state index contributed by atoms with van der Waals surface area (Å²) in [6, 6.07) is 11.1. The Balaban J connectivity index is 1.64. The second-order valence-electron chi connectivity index (χ2n) is 5.83. The molecule has 28 heavy (non-hydrogen) atoms. The Hall–Kier alpha value is -2.65. The summed E-state index contributed by atoms with van der Waals surface area (Å²) in [6.45, 7) is 0. The lowest BCUT2D eigenvalue weighted by atomic mass is 10.2. The Morgan fingerprint density at radius 2 is 1.89 bits per heavy atom. The molecule has 0 unspecified atom stereocenters. The number of carbonyl (C=O) groups is 2. The number of carbonyl (C=O) groups excluding carboxylic acids is 2. The molecule has 0 aliphatic rings. The maximum Gasteiger partial charge on any atom is 0.286 e. The Morgan fingerprint density at radius 3 is 2.57 bits per heavy atom. The zero-order valence-corrected chi connectivity index (χ0v) is 17.2. The van der Waals surface area contributed by atoms with Crippen molar-refractivity contribution >= 4 is 39.5 Å². The van der Waals surface area contributed by atoms with Crippen LogP contribution < -0.4 is 10.9 Å². The Labute approximate surface area is 173 Å². The molecule has 3 rings (SSSR count). The van der Waals surface area contributed by atoms with Gasteiger partial charge in [0, 0.05) is 29.7 Å². The van der Waals surface area contributed by atoms with Crippen molar-refractivity contribution in [1.82, 2.24) is 20.4 Å². The van der Waals surface area contributed by atoms with Gasteiger partial charge in [-0.05, 0) is 51.8 Å². The standard InChI is InChI=1S/C19H16BrFN4O2S/c1-25-10-13(20)9-16(25)18(27)24-23-17(26)15-3-2-8-22-19(15)28-11-12-4-6-14(21)7-5-12/h2-10H,11H2,1H3,(H,23,26)(H,24,27). The number of amides is 2. The van der Waals surface area contributed by atoms with Crippen molar-refractivity contribution in [3.8, 4) is 0 Å². The second-order valence-corrected chi connectivity index (χ2v) is 7.71. The molecule has 2 N–H and O–H groups in total. The van der Waals surface area contributed by atoms with Crippen LogP contribution >= 0.6 is 27.7 Å². The molecule has 144 valence electrons. The monoisotopic (exact) mass is 462 g/mol. The first-order chi connectivity index (χ1) is 13.4. The zero-order chi connectivity index (χ0) is 20.1. The third kappa shape index (κ3) is 4.99. The molecular weight excluding hydrogens is 447 g/mol. The number of benzene rings is 1. The van der Waals surface area contributed by atoms with Gasteiger partial charge in [-0.25, -0.2) is 9.37 Å². The van der Waals surface area contributed by atoms with E-state index in [9.17, 15) is 14.0 Å². The van der Waals surface area contributed by atoms with E-state index in [0.29, 0.717) is 22.0 Å². The average Bonchev–Trinajstić information content (AvgIpc) is 3.04. The summed E-state index contributed by atoms with van der Waals surface area (Å²) in [5.74, 6) is -0.684. The Bertz CT molecular complexity index is 1010. The molecule has 2 amide bonds. The van der Waals surface area contributed by atoms with Gasteiger partial charge in [-0.3, -0.25) is 20.4 Å². The van der Waals surface area contributed by atoms with Crippen molar-refractivity contribution in [2.45, 2.75) is 10.8 Å². The molecule has 0 saturated carbocycles. The van der Waals surface area contributed by atoms with Gasteiger partial charge in [0.05, 0.1) is 5.56 Å². The minimum atomic E-state index is -0.476. The minimum absolute atomic E-state index is 0.298. The smallest absolute Gasteiger partial charge is 0.286 e. The fourth-order valence-electron chi connectivity index (χ4n) is 2.41. The third-order valence-corrected chi connectivity index (χ3v) is 5.31. The maximum absolute atomic E-state index is 13.0. The number of pyridine rings is 1. The van der Waals surface area contributed by atoms with E-state index in [0.717, 1.165) is 10.0 Å². The van der Waals surface area contributed by atoms with E-state index in [1.807, 2.05) is 0 Å². The van der Waals surface area contributed by atoms with Gasteiger partial charge in [0.2, 0.25) is 0 Å². The molecular formula is C19H16BrFN4O2S. The zero-order valence-electron chi connectivity index (χ0n) is 14.8. The van der Waals surface area contributed by atoms with Crippen molar-refractivity contribution < 1.29 is 14.0 Å². The lowest BCUT2D eigenvalue weighted by Crippen LogP contribution is -2.42. The largest absolute Gasteiger partial charge is 0.345 e. The lowest BCUT2D eigenvalue weighted by Gasteiger charge is -2.10. The molecule has 0 fully saturated rings. The maximum atomic E-state index is 13.0. The average molecular weight is 463 g/mol. The van der Waals surface area contributed by atoms with Gasteiger partial charge in [0.15, 0.2) is 0 Å². The normalized spacial score (nSPS) is 10.5. The van der Waals surface area contributed by atoms with E-state index in [1.165, 1.54) is 23.9 Å². The fraction of sp³-hybridized carbons (Fsp3) is 0.105. The van der Waals surface area contributed by atoms with Gasteiger partial charge in [-0.2, -0.15) is 0 Å². The van der Waals surface area contributed by atoms with Crippen LogP contribution in [0.5, 0.6) is 0 Å². The van der Waals surface area contributed by atoms with Crippen molar-refractivity contribution in [2.24, 2.45) is 7.05 Å². The SMILES string of the molecule is Cn1cc(Br)cc1C(=O)NNC(=O)c1cccnc1SCc1ccc(F)cc1. The van der Waals surface area contributed by atoms with Gasteiger partial charge in [0.1, 0.15) is 16.5 Å². The van der Waals surface area contributed by atoms with Crippen molar-refractivity contribution in [3.63, 3.8) is 0 Å². The van der Waals surface area contributed by atoms with E-state index in [2.05, 4.69) is 31.8 Å². The molecule has 1 aromatic carbocycles. The molecule has 0 aliphatic heterocycles. The van der Waals surface area contributed by atoms with Crippen LogP contribution in [0.2, 0.25) is 0 Å². The highest BCUT2D eigenvalue weighted by Gasteiger charge is 2.16. The number of rotatable bonds is 5. The van der Waals surface area contributed by atoms with E-state index in [-0.39, 0.29) is 5.82 Å². The fourth-order valence-corrected chi connectivity index (χ4v) is 3.88. The molecule has 2 heterocycles. The van der Waals surface area contributed by atoms with Crippen LogP contribution in [0.4, 0.5) is 4.39 Å². The molecule has 3 aromatic rings. The molecule has 0 bridgehead atoms. The Kier molecular flexibility index (Phi) is 6.48. The van der Waals surface area contributed by atoms with Gasteiger partial charge >= 0.3 is 0 Å². The topological polar surface area (TPSA) is 76.0 Å². The first-order valence-corrected chi connectivity index (χ1v) is 9.96. The number of aryl methyl sites for hydroxylation is 1. The first kappa shape index (κ1) is 20.1. The molecule has 9 heteroatoms. The van der Waals surface area contributed by atoms with Gasteiger partial charge < -0.3 is 4.57 Å². The number of hydrogen-bond acceptors (Lipinski definition) is 4. The summed E-state index contributed by atoms with van der Waals surface area (Å²) in [5, 5.41) is 0.514. The number of aromatic nitrogens is 2. The van der Waals surface area contributed by atoms with Crippen LogP contribution in [0.3, 0.4) is 0 Å². The molecule has 2 aromatic heterocycles. The van der Waals surface area contributed by atoms with Crippen LogP contribution in [-0.2, 0) is 12.8 Å². The number of thioether (sulfide) groups is 1. The predicted octanol–water partition coefficient (Wildman–Crippen LogP) is 3.69. The summed E-state index contributed by atoms with van der Waals surface area (Å²) in [6.07, 6.45) is 3.33. The van der Waals surface area contributed by atoms with E-state index < -0.39 is 11.8 Å². The summed E-state index contributed by atoms with van der Waals surface area (Å²) < 4.78 is 15.4. The van der Waals surface area contributed by atoms with Crippen LogP contribution in [0.1, 0.15) is 26.4 Å². The summed E-state index contributed by atoms with van der Waals surface area (Å²) in [5.41, 5.74) is 6.45. The summed E-state index contributed by atoms with van der Waals surface area (Å²) in [7, 11) is 1.73. The summed E-state index contributed by atoms with van der Waals surface area (Å²) in [4.78, 5) is 29.0. The number of hydrazine groups is 1. The Morgan fingerprint density at radius 1 is 1.18 bits per heavy atom. The molecule has 0 atom stereocenters. The molecule has 0 aliphatic carbocycles. The number of halogens is 2. The van der Waals surface area contributed by atoms with Gasteiger partial charge in [-0.1, -0.05) is 12.1 Å². The van der Waals surface area contributed by atoms with Gasteiger partial charge in [-0.15, -0.1) is 11.8 Å². The summed E-state index contributed by atoms with van der Waals surface area (Å²) >= 11 is 4.65. The highest BCUT2D eigenvalue weighted by molar-refractivity contribution is 9.10. The van der Waals surface area contributed by atoms with Crippen molar-refractivity contribution in [1.29, 1.82) is 0 Å².